The van der Waals surface area contributed by atoms with Crippen LogP contribution in [0.4, 0.5) is 0 Å². The van der Waals surface area contributed by atoms with Gasteiger partial charge in [0.15, 0.2) is 0 Å². The van der Waals surface area contributed by atoms with Crippen LogP contribution in [0, 0.1) is 6.92 Å². The summed E-state index contributed by atoms with van der Waals surface area (Å²) in [5.41, 5.74) is 1.07. The van der Waals surface area contributed by atoms with Gasteiger partial charge in [0.2, 0.25) is 15.9 Å². The molecule has 31 heavy (non-hydrogen) atoms. The van der Waals surface area contributed by atoms with E-state index < -0.39 is 16.1 Å². The van der Waals surface area contributed by atoms with Crippen molar-refractivity contribution in [2.24, 2.45) is 0 Å². The average Bonchev–Trinajstić information content (AvgIpc) is 3.52. The average molecular weight is 439 g/mol. The van der Waals surface area contributed by atoms with E-state index in [2.05, 4.69) is 20.3 Å². The van der Waals surface area contributed by atoms with Crippen LogP contribution in [0.5, 0.6) is 0 Å². The first kappa shape index (κ1) is 19.8. The first-order valence-electron chi connectivity index (χ1n) is 10.2. The topological polar surface area (TPSA) is 107 Å². The predicted octanol–water partition coefficient (Wildman–Crippen LogP) is 3.34. The SMILES string of the molecule is CCn1cc(S(=O)(=O)N2CCC[C@@H]2c2nnc(-c3nccc4ccccc34)o2)c(C)n1. The van der Waals surface area contributed by atoms with E-state index in [4.69, 9.17) is 4.42 Å². The summed E-state index contributed by atoms with van der Waals surface area (Å²) in [6.45, 7) is 4.63. The molecule has 1 aliphatic heterocycles. The van der Waals surface area contributed by atoms with E-state index in [1.54, 1.807) is 24.0 Å². The van der Waals surface area contributed by atoms with Crippen molar-refractivity contribution in [1.82, 2.24) is 29.3 Å². The van der Waals surface area contributed by atoms with Gasteiger partial charge < -0.3 is 4.42 Å². The Balaban J connectivity index is 1.51. The zero-order chi connectivity index (χ0) is 21.6. The van der Waals surface area contributed by atoms with Crippen LogP contribution < -0.4 is 0 Å². The number of rotatable bonds is 5. The molecule has 160 valence electrons. The van der Waals surface area contributed by atoms with Crippen molar-refractivity contribution in [3.05, 3.63) is 54.3 Å². The van der Waals surface area contributed by atoms with Gasteiger partial charge >= 0.3 is 0 Å². The highest BCUT2D eigenvalue weighted by Crippen LogP contribution is 2.37. The number of fused-ring (bicyclic) bond motifs is 1. The van der Waals surface area contributed by atoms with E-state index in [-0.39, 0.29) is 16.7 Å². The third-order valence-electron chi connectivity index (χ3n) is 5.62. The quantitative estimate of drug-likeness (QED) is 0.470. The molecule has 0 radical (unpaired) electrons. The molecule has 10 heteroatoms. The number of benzene rings is 1. The standard InChI is InChI=1S/C21H22N6O3S/c1-3-26-13-18(14(2)25-26)31(28,29)27-12-6-9-17(27)20-23-24-21(30-20)19-16-8-5-4-7-15(16)10-11-22-19/h4-5,7-8,10-11,13,17H,3,6,9,12H2,1-2H3/t17-/m1/s1. The molecule has 0 spiro atoms. The highest BCUT2D eigenvalue weighted by Gasteiger charge is 2.40. The van der Waals surface area contributed by atoms with Gasteiger partial charge in [0.05, 0.1) is 5.69 Å². The van der Waals surface area contributed by atoms with Crippen LogP contribution in [0.15, 0.2) is 52.0 Å². The molecule has 1 atom stereocenters. The Labute approximate surface area is 179 Å². The van der Waals surface area contributed by atoms with Crippen LogP contribution in [-0.2, 0) is 16.6 Å². The normalized spacial score (nSPS) is 17.5. The third-order valence-corrected chi connectivity index (χ3v) is 7.63. The lowest BCUT2D eigenvalue weighted by Crippen LogP contribution is -2.31. The van der Waals surface area contributed by atoms with Crippen molar-refractivity contribution >= 4 is 20.8 Å². The molecule has 4 heterocycles. The van der Waals surface area contributed by atoms with E-state index in [0.717, 1.165) is 17.2 Å². The van der Waals surface area contributed by atoms with Crippen molar-refractivity contribution in [2.75, 3.05) is 6.54 Å². The van der Waals surface area contributed by atoms with Gasteiger partial charge in [0.1, 0.15) is 16.6 Å². The lowest BCUT2D eigenvalue weighted by molar-refractivity contribution is 0.332. The van der Waals surface area contributed by atoms with Crippen LogP contribution in [0.1, 0.15) is 37.4 Å². The lowest BCUT2D eigenvalue weighted by atomic mass is 10.1. The molecule has 0 amide bonds. The van der Waals surface area contributed by atoms with Gasteiger partial charge in [-0.3, -0.25) is 9.67 Å². The maximum absolute atomic E-state index is 13.4. The molecule has 1 aromatic carbocycles. The first-order valence-corrected chi connectivity index (χ1v) is 11.7. The highest BCUT2D eigenvalue weighted by molar-refractivity contribution is 7.89. The summed E-state index contributed by atoms with van der Waals surface area (Å²) < 4.78 is 35.8. The minimum atomic E-state index is -3.74. The van der Waals surface area contributed by atoms with Gasteiger partial charge in [-0.1, -0.05) is 24.3 Å². The van der Waals surface area contributed by atoms with Gasteiger partial charge in [-0.2, -0.15) is 9.40 Å². The summed E-state index contributed by atoms with van der Waals surface area (Å²) in [6.07, 6.45) is 4.61. The van der Waals surface area contributed by atoms with Gasteiger partial charge in [0, 0.05) is 30.9 Å². The second-order valence-corrected chi connectivity index (χ2v) is 9.39. The second-order valence-electron chi connectivity index (χ2n) is 7.53. The maximum atomic E-state index is 13.4. The molecule has 5 rings (SSSR count). The van der Waals surface area contributed by atoms with Crippen LogP contribution >= 0.6 is 0 Å². The Morgan fingerprint density at radius 2 is 2.03 bits per heavy atom. The van der Waals surface area contributed by atoms with Crippen LogP contribution in [-0.4, -0.2) is 44.2 Å². The Bertz CT molecular complexity index is 1360. The molecule has 0 bridgehead atoms. The third kappa shape index (κ3) is 3.31. The highest BCUT2D eigenvalue weighted by atomic mass is 32.2. The zero-order valence-electron chi connectivity index (χ0n) is 17.3. The molecule has 0 N–H and O–H groups in total. The molecule has 4 aromatic rings. The predicted molar refractivity (Wildman–Crippen MR) is 114 cm³/mol. The van der Waals surface area contributed by atoms with Crippen molar-refractivity contribution in [1.29, 1.82) is 0 Å². The fraction of sp³-hybridized carbons (Fsp3) is 0.333. The van der Waals surface area contributed by atoms with E-state index in [1.807, 2.05) is 37.3 Å². The Morgan fingerprint density at radius 1 is 1.19 bits per heavy atom. The molecule has 1 saturated heterocycles. The van der Waals surface area contributed by atoms with Gasteiger partial charge in [-0.15, -0.1) is 10.2 Å². The largest absolute Gasteiger partial charge is 0.417 e. The number of aromatic nitrogens is 5. The summed E-state index contributed by atoms with van der Waals surface area (Å²) in [7, 11) is -3.74. The number of sulfonamides is 1. The number of hydrogen-bond acceptors (Lipinski definition) is 7. The summed E-state index contributed by atoms with van der Waals surface area (Å²) in [5.74, 6) is 0.567. The fourth-order valence-corrected chi connectivity index (χ4v) is 5.89. The van der Waals surface area contributed by atoms with E-state index >= 15 is 0 Å². The number of pyridine rings is 1. The number of nitrogens with zero attached hydrogens (tertiary/aromatic N) is 6. The monoisotopic (exact) mass is 438 g/mol. The molecule has 9 nitrogen and oxygen atoms in total. The van der Waals surface area contributed by atoms with E-state index in [1.165, 1.54) is 4.31 Å². The van der Waals surface area contributed by atoms with E-state index in [0.29, 0.717) is 30.9 Å². The van der Waals surface area contributed by atoms with Crippen LogP contribution in [0.3, 0.4) is 0 Å². The van der Waals surface area contributed by atoms with Gasteiger partial charge in [-0.05, 0) is 38.1 Å². The smallest absolute Gasteiger partial charge is 0.266 e. The van der Waals surface area contributed by atoms with Crippen molar-refractivity contribution in [2.45, 2.75) is 44.2 Å². The molecular formula is C21H22N6O3S. The summed E-state index contributed by atoms with van der Waals surface area (Å²) in [4.78, 5) is 4.64. The first-order chi connectivity index (χ1) is 15.0. The summed E-state index contributed by atoms with van der Waals surface area (Å²) in [6, 6.07) is 9.22. The Hall–Kier alpha value is -3.11. The summed E-state index contributed by atoms with van der Waals surface area (Å²) in [5, 5.41) is 14.6. The fourth-order valence-electron chi connectivity index (χ4n) is 4.07. The Kier molecular flexibility index (Phi) is 4.82. The minimum Gasteiger partial charge on any atom is -0.417 e. The van der Waals surface area contributed by atoms with Crippen LogP contribution in [0.2, 0.25) is 0 Å². The molecule has 0 aliphatic carbocycles. The lowest BCUT2D eigenvalue weighted by Gasteiger charge is -2.21. The van der Waals surface area contributed by atoms with Crippen molar-refractivity contribution in [3.8, 4) is 11.6 Å². The molecule has 0 unspecified atom stereocenters. The summed E-state index contributed by atoms with van der Waals surface area (Å²) >= 11 is 0. The van der Waals surface area contributed by atoms with Crippen LogP contribution in [0.25, 0.3) is 22.4 Å². The van der Waals surface area contributed by atoms with Gasteiger partial charge in [-0.25, -0.2) is 8.42 Å². The second kappa shape index (κ2) is 7.54. The molecule has 3 aromatic heterocycles. The Morgan fingerprint density at radius 3 is 2.84 bits per heavy atom. The number of hydrogen-bond donors (Lipinski definition) is 0. The van der Waals surface area contributed by atoms with E-state index in [9.17, 15) is 8.42 Å². The van der Waals surface area contributed by atoms with Crippen molar-refractivity contribution < 1.29 is 12.8 Å². The number of aryl methyl sites for hydroxylation is 2. The molecule has 1 aliphatic rings. The maximum Gasteiger partial charge on any atom is 0.266 e. The minimum absolute atomic E-state index is 0.219. The van der Waals surface area contributed by atoms with Crippen molar-refractivity contribution in [3.63, 3.8) is 0 Å². The molecule has 0 saturated carbocycles. The molecule has 1 fully saturated rings. The van der Waals surface area contributed by atoms with Gasteiger partial charge in [0.25, 0.3) is 5.89 Å². The zero-order valence-corrected chi connectivity index (χ0v) is 18.1. The molecular weight excluding hydrogens is 416 g/mol.